The molecule has 0 bridgehead atoms. The Balaban J connectivity index is 3.81. The molecule has 5 heteroatoms. The van der Waals surface area contributed by atoms with E-state index in [1.807, 2.05) is 0 Å². The molecule has 0 aromatic carbocycles. The van der Waals surface area contributed by atoms with Gasteiger partial charge in [0.2, 0.25) is 5.91 Å². The van der Waals surface area contributed by atoms with Gasteiger partial charge in [-0.05, 0) is 39.0 Å². The van der Waals surface area contributed by atoms with Crippen molar-refractivity contribution in [3.05, 3.63) is 12.2 Å². The molecule has 0 fully saturated rings. The molecule has 0 aromatic heterocycles. The molecule has 0 aliphatic heterocycles. The van der Waals surface area contributed by atoms with Crippen molar-refractivity contribution >= 4 is 17.6 Å². The fourth-order valence-electron chi connectivity index (χ4n) is 2.89. The summed E-state index contributed by atoms with van der Waals surface area (Å²) < 4.78 is 22.2. The topological polar surface area (TPSA) is 75.8 Å². The minimum Gasteiger partial charge on any atom is -0.369 e. The number of guanidine groups is 1. The number of hydrogen-bond acceptors (Lipinski definition) is 2. The number of allylic oxidation sites excluding steroid dienone is 2. The number of hydrogen-bond donors (Lipinski definition) is 1. The molecule has 0 aliphatic carbocycles. The van der Waals surface area contributed by atoms with E-state index in [2.05, 4.69) is 24.1 Å². The summed E-state index contributed by atoms with van der Waals surface area (Å²) in [6.45, 7) is 0.491. The van der Waals surface area contributed by atoms with Crippen LogP contribution in [0.4, 0.5) is 0 Å². The van der Waals surface area contributed by atoms with Crippen LogP contribution in [0, 0.1) is 0 Å². The third-order valence-electron chi connectivity index (χ3n) is 4.55. The Hall–Kier alpha value is -1.65. The Kier molecular flexibility index (Phi) is 14.1. The molecule has 2 N–H and O–H groups in total. The summed E-state index contributed by atoms with van der Waals surface area (Å²) in [5.41, 5.74) is 5.65. The first-order valence-corrected chi connectivity index (χ1v) is 11.0. The van der Waals surface area contributed by atoms with Gasteiger partial charge in [-0.3, -0.25) is 9.59 Å². The zero-order valence-electron chi connectivity index (χ0n) is 21.0. The van der Waals surface area contributed by atoms with Gasteiger partial charge in [0.1, 0.15) is 5.78 Å². The number of aliphatic imine (C=N–C) groups is 1. The molecule has 0 unspecified atom stereocenters. The molecule has 0 aliphatic rings. The van der Waals surface area contributed by atoms with Crippen LogP contribution >= 0.6 is 0 Å². The van der Waals surface area contributed by atoms with Gasteiger partial charge in [0.05, 0.1) is 6.54 Å². The Morgan fingerprint density at radius 3 is 2.00 bits per heavy atom. The molecular formula is C23H43N3O2. The number of carbonyl (C=O) groups excluding carboxylic acids is 2. The highest BCUT2D eigenvalue weighted by Crippen LogP contribution is 2.11. The van der Waals surface area contributed by atoms with Crippen LogP contribution in [0.25, 0.3) is 0 Å². The van der Waals surface area contributed by atoms with Crippen molar-refractivity contribution < 1.29 is 13.7 Å². The van der Waals surface area contributed by atoms with Crippen molar-refractivity contribution in [2.24, 2.45) is 10.7 Å². The van der Waals surface area contributed by atoms with Crippen LogP contribution in [-0.2, 0) is 9.59 Å². The van der Waals surface area contributed by atoms with E-state index < -0.39 is 25.4 Å². The average molecular weight is 397 g/mol. The van der Waals surface area contributed by atoms with E-state index in [0.717, 1.165) is 19.3 Å². The summed E-state index contributed by atoms with van der Waals surface area (Å²) in [5, 5.41) is 0. The number of ketones is 1. The third-order valence-corrected chi connectivity index (χ3v) is 4.55. The maximum atomic E-state index is 11.9. The second kappa shape index (κ2) is 18.7. The smallest absolute Gasteiger partial charge is 0.248 e. The Labute approximate surface area is 177 Å². The van der Waals surface area contributed by atoms with E-state index in [4.69, 9.17) is 9.85 Å². The second-order valence-electron chi connectivity index (χ2n) is 7.49. The first-order chi connectivity index (χ1) is 14.7. The summed E-state index contributed by atoms with van der Waals surface area (Å²) in [6, 6.07) is 0. The number of carbonyl (C=O) groups is 2. The van der Waals surface area contributed by atoms with Crippen molar-refractivity contribution in [1.82, 2.24) is 4.90 Å². The molecule has 0 saturated heterocycles. The summed E-state index contributed by atoms with van der Waals surface area (Å²) in [5.74, 6) is -1.23. The van der Waals surface area contributed by atoms with Crippen LogP contribution < -0.4 is 5.73 Å². The summed E-state index contributed by atoms with van der Waals surface area (Å²) >= 11 is 0. The molecular weight excluding hydrogens is 350 g/mol. The SMILES string of the molecule is [2H]C([2H])([2H])N(CC(C)=O)C(N)=NC(=O)CCCCCCCCCC/C=C\CCCCC. The zero-order chi connectivity index (χ0) is 23.5. The van der Waals surface area contributed by atoms with Crippen molar-refractivity contribution in [2.45, 2.75) is 104 Å². The van der Waals surface area contributed by atoms with E-state index in [-0.39, 0.29) is 12.2 Å². The maximum absolute atomic E-state index is 11.9. The predicted octanol–water partition coefficient (Wildman–Crippen LogP) is 5.39. The largest absolute Gasteiger partial charge is 0.369 e. The molecule has 28 heavy (non-hydrogen) atoms. The standard InChI is InChI=1S/C23H43N3O2/c1-4-5-6-7-8-9-10-11-12-13-14-15-16-17-18-19-22(28)25-23(24)26(3)20-21(2)27/h8-9H,4-7,10-20H2,1-3H3,(H2,24,25,28)/b9-8-/i3D3. The number of rotatable bonds is 17. The molecule has 5 nitrogen and oxygen atoms in total. The van der Waals surface area contributed by atoms with E-state index in [0.29, 0.717) is 11.3 Å². The summed E-state index contributed by atoms with van der Waals surface area (Å²) in [4.78, 5) is 27.5. The lowest BCUT2D eigenvalue weighted by Gasteiger charge is -2.15. The van der Waals surface area contributed by atoms with Crippen LogP contribution in [0.3, 0.4) is 0 Å². The predicted molar refractivity (Wildman–Crippen MR) is 119 cm³/mol. The van der Waals surface area contributed by atoms with Crippen LogP contribution in [0.15, 0.2) is 17.1 Å². The number of nitrogens with two attached hydrogens (primary N) is 1. The van der Waals surface area contributed by atoms with Gasteiger partial charge in [-0.2, -0.15) is 4.99 Å². The van der Waals surface area contributed by atoms with Gasteiger partial charge < -0.3 is 10.6 Å². The molecule has 0 rings (SSSR count). The molecule has 0 aromatic rings. The molecule has 0 saturated carbocycles. The van der Waals surface area contributed by atoms with Crippen molar-refractivity contribution in [1.29, 1.82) is 0 Å². The van der Waals surface area contributed by atoms with Crippen LogP contribution in [0.2, 0.25) is 0 Å². The number of nitrogens with zero attached hydrogens (tertiary/aromatic N) is 2. The van der Waals surface area contributed by atoms with Crippen molar-refractivity contribution in [2.75, 3.05) is 13.5 Å². The molecule has 162 valence electrons. The third kappa shape index (κ3) is 17.7. The Bertz CT molecular complexity index is 561. The van der Waals surface area contributed by atoms with Gasteiger partial charge >= 0.3 is 0 Å². The maximum Gasteiger partial charge on any atom is 0.248 e. The first-order valence-electron chi connectivity index (χ1n) is 12.5. The van der Waals surface area contributed by atoms with Crippen LogP contribution in [-0.4, -0.2) is 36.1 Å². The lowest BCUT2D eigenvalue weighted by molar-refractivity contribution is -0.119. The molecule has 0 heterocycles. The molecule has 1 amide bonds. The number of Topliss-reactive ketones (excluding diaryl/α,β-unsaturated/α-hetero) is 1. The van der Waals surface area contributed by atoms with E-state index in [9.17, 15) is 9.59 Å². The second-order valence-corrected chi connectivity index (χ2v) is 7.49. The normalized spacial score (nSPS) is 13.9. The Morgan fingerprint density at radius 1 is 0.929 bits per heavy atom. The van der Waals surface area contributed by atoms with Gasteiger partial charge in [0.15, 0.2) is 5.96 Å². The van der Waals surface area contributed by atoms with Crippen molar-refractivity contribution in [3.8, 4) is 0 Å². The first kappa shape index (κ1) is 21.1. The van der Waals surface area contributed by atoms with Gasteiger partial charge in [-0.1, -0.05) is 70.4 Å². The minimum absolute atomic E-state index is 0.236. The van der Waals surface area contributed by atoms with Gasteiger partial charge in [0.25, 0.3) is 0 Å². The fourth-order valence-corrected chi connectivity index (χ4v) is 2.89. The van der Waals surface area contributed by atoms with Crippen LogP contribution in [0.5, 0.6) is 0 Å². The van der Waals surface area contributed by atoms with Gasteiger partial charge in [-0.15, -0.1) is 0 Å². The minimum atomic E-state index is -2.61. The highest BCUT2D eigenvalue weighted by atomic mass is 16.1. The Morgan fingerprint density at radius 2 is 1.46 bits per heavy atom. The monoisotopic (exact) mass is 396 g/mol. The molecule has 0 spiro atoms. The van der Waals surface area contributed by atoms with Crippen LogP contribution in [0.1, 0.15) is 108 Å². The lowest BCUT2D eigenvalue weighted by atomic mass is 10.1. The average Bonchev–Trinajstić information content (AvgIpc) is 2.68. The number of unbranched alkanes of at least 4 members (excludes halogenated alkanes) is 11. The van der Waals surface area contributed by atoms with Gasteiger partial charge in [0, 0.05) is 17.5 Å². The number of amides is 1. The van der Waals surface area contributed by atoms with E-state index in [1.54, 1.807) is 0 Å². The molecule has 0 atom stereocenters. The number of likely N-dealkylation sites (N-methyl/N-ethyl adjacent to an activating group) is 1. The van der Waals surface area contributed by atoms with Gasteiger partial charge in [-0.25, -0.2) is 0 Å². The lowest BCUT2D eigenvalue weighted by Crippen LogP contribution is -2.37. The highest BCUT2D eigenvalue weighted by Gasteiger charge is 2.07. The molecule has 0 radical (unpaired) electrons. The highest BCUT2D eigenvalue weighted by molar-refractivity contribution is 5.93. The fraction of sp³-hybridized carbons (Fsp3) is 0.783. The van der Waals surface area contributed by atoms with Crippen molar-refractivity contribution in [3.63, 3.8) is 0 Å². The summed E-state index contributed by atoms with van der Waals surface area (Å²) in [6.07, 6.45) is 20.1. The zero-order valence-corrected chi connectivity index (χ0v) is 18.0. The summed E-state index contributed by atoms with van der Waals surface area (Å²) in [7, 11) is 0. The quantitative estimate of drug-likeness (QED) is 0.155. The van der Waals surface area contributed by atoms with E-state index in [1.165, 1.54) is 64.7 Å². The van der Waals surface area contributed by atoms with E-state index >= 15 is 0 Å².